The molecular formula is C10H18N2O3. The highest BCUT2D eigenvalue weighted by Gasteiger charge is 2.19. The van der Waals surface area contributed by atoms with Crippen LogP contribution in [0.4, 0.5) is 4.79 Å². The van der Waals surface area contributed by atoms with Crippen LogP contribution in [0.25, 0.3) is 0 Å². The Bertz CT molecular complexity index is 241. The molecule has 0 aromatic rings. The SMILES string of the molecule is CC(C)C(=O)NCCN1CCCOC1=O. The van der Waals surface area contributed by atoms with E-state index in [1.54, 1.807) is 4.90 Å². The van der Waals surface area contributed by atoms with Crippen LogP contribution in [0.5, 0.6) is 0 Å². The molecule has 0 aromatic heterocycles. The Morgan fingerprint density at radius 3 is 2.93 bits per heavy atom. The fourth-order valence-electron chi connectivity index (χ4n) is 1.32. The van der Waals surface area contributed by atoms with Crippen LogP contribution in [0, 0.1) is 5.92 Å². The number of amides is 2. The number of hydrogen-bond acceptors (Lipinski definition) is 3. The molecular weight excluding hydrogens is 196 g/mol. The predicted molar refractivity (Wildman–Crippen MR) is 55.4 cm³/mol. The monoisotopic (exact) mass is 214 g/mol. The normalized spacial score (nSPS) is 16.5. The number of rotatable bonds is 4. The third-order valence-corrected chi connectivity index (χ3v) is 2.26. The molecule has 1 aliphatic rings. The lowest BCUT2D eigenvalue weighted by atomic mass is 10.2. The number of ether oxygens (including phenoxy) is 1. The predicted octanol–water partition coefficient (Wildman–Crippen LogP) is 0.601. The first-order valence-electron chi connectivity index (χ1n) is 5.30. The van der Waals surface area contributed by atoms with Gasteiger partial charge in [0.1, 0.15) is 0 Å². The number of nitrogens with zero attached hydrogens (tertiary/aromatic N) is 1. The largest absolute Gasteiger partial charge is 0.449 e. The van der Waals surface area contributed by atoms with Gasteiger partial charge in [-0.1, -0.05) is 13.8 Å². The Balaban J connectivity index is 2.19. The van der Waals surface area contributed by atoms with Gasteiger partial charge in [-0.3, -0.25) is 4.79 Å². The first-order chi connectivity index (χ1) is 7.11. The molecule has 0 aliphatic carbocycles. The summed E-state index contributed by atoms with van der Waals surface area (Å²) in [6, 6.07) is 0. The molecule has 0 unspecified atom stereocenters. The summed E-state index contributed by atoms with van der Waals surface area (Å²) in [5, 5.41) is 2.76. The second-order valence-corrected chi connectivity index (χ2v) is 3.90. The molecule has 0 saturated carbocycles. The third-order valence-electron chi connectivity index (χ3n) is 2.26. The van der Waals surface area contributed by atoms with Gasteiger partial charge >= 0.3 is 6.09 Å². The molecule has 0 spiro atoms. The Labute approximate surface area is 89.8 Å². The van der Waals surface area contributed by atoms with Gasteiger partial charge in [-0.25, -0.2) is 4.79 Å². The maximum Gasteiger partial charge on any atom is 0.409 e. The zero-order valence-electron chi connectivity index (χ0n) is 9.28. The first-order valence-corrected chi connectivity index (χ1v) is 5.30. The fraction of sp³-hybridized carbons (Fsp3) is 0.800. The molecule has 5 heteroatoms. The van der Waals surface area contributed by atoms with Gasteiger partial charge in [0.15, 0.2) is 0 Å². The summed E-state index contributed by atoms with van der Waals surface area (Å²) in [6.45, 7) is 5.92. The molecule has 0 radical (unpaired) electrons. The van der Waals surface area contributed by atoms with Gasteiger partial charge in [-0.05, 0) is 6.42 Å². The molecule has 1 N–H and O–H groups in total. The molecule has 5 nitrogen and oxygen atoms in total. The highest BCUT2D eigenvalue weighted by atomic mass is 16.6. The lowest BCUT2D eigenvalue weighted by Crippen LogP contribution is -2.43. The van der Waals surface area contributed by atoms with Crippen molar-refractivity contribution in [2.45, 2.75) is 20.3 Å². The summed E-state index contributed by atoms with van der Waals surface area (Å²) in [4.78, 5) is 24.0. The van der Waals surface area contributed by atoms with Crippen LogP contribution >= 0.6 is 0 Å². The first kappa shape index (κ1) is 11.8. The van der Waals surface area contributed by atoms with Crippen molar-refractivity contribution < 1.29 is 14.3 Å². The van der Waals surface area contributed by atoms with E-state index in [1.165, 1.54) is 0 Å². The van der Waals surface area contributed by atoms with Crippen molar-refractivity contribution in [2.75, 3.05) is 26.2 Å². The van der Waals surface area contributed by atoms with Crippen molar-refractivity contribution in [1.82, 2.24) is 10.2 Å². The summed E-state index contributed by atoms with van der Waals surface area (Å²) in [7, 11) is 0. The molecule has 1 rings (SSSR count). The van der Waals surface area contributed by atoms with Crippen molar-refractivity contribution in [3.05, 3.63) is 0 Å². The van der Waals surface area contributed by atoms with E-state index in [0.717, 1.165) is 13.0 Å². The highest BCUT2D eigenvalue weighted by Crippen LogP contribution is 2.03. The summed E-state index contributed by atoms with van der Waals surface area (Å²) in [6.07, 6.45) is 0.587. The standard InChI is InChI=1S/C10H18N2O3/c1-8(2)9(13)11-4-6-12-5-3-7-15-10(12)14/h8H,3-7H2,1-2H3,(H,11,13). The molecule has 0 bridgehead atoms. The average Bonchev–Trinajstić information content (AvgIpc) is 2.20. The van der Waals surface area contributed by atoms with Crippen LogP contribution in [-0.4, -0.2) is 43.1 Å². The zero-order chi connectivity index (χ0) is 11.3. The van der Waals surface area contributed by atoms with Crippen LogP contribution < -0.4 is 5.32 Å². The Hall–Kier alpha value is -1.26. The lowest BCUT2D eigenvalue weighted by Gasteiger charge is -2.26. The van der Waals surface area contributed by atoms with Crippen molar-refractivity contribution >= 4 is 12.0 Å². The van der Waals surface area contributed by atoms with E-state index in [1.807, 2.05) is 13.8 Å². The molecule has 1 saturated heterocycles. The van der Waals surface area contributed by atoms with E-state index in [4.69, 9.17) is 4.74 Å². The van der Waals surface area contributed by atoms with Crippen molar-refractivity contribution in [2.24, 2.45) is 5.92 Å². The molecule has 0 atom stereocenters. The Kier molecular flexibility index (Phi) is 4.39. The summed E-state index contributed by atoms with van der Waals surface area (Å²) in [5.41, 5.74) is 0. The van der Waals surface area contributed by atoms with Gasteiger partial charge in [0.05, 0.1) is 6.61 Å². The molecule has 2 amide bonds. The zero-order valence-corrected chi connectivity index (χ0v) is 9.28. The van der Waals surface area contributed by atoms with Crippen LogP contribution in [0.15, 0.2) is 0 Å². The lowest BCUT2D eigenvalue weighted by molar-refractivity contribution is -0.124. The van der Waals surface area contributed by atoms with E-state index in [2.05, 4.69) is 5.32 Å². The van der Waals surface area contributed by atoms with Gasteiger partial charge < -0.3 is 15.0 Å². The quantitative estimate of drug-likeness (QED) is 0.745. The number of hydrogen-bond donors (Lipinski definition) is 1. The maximum absolute atomic E-state index is 11.2. The van der Waals surface area contributed by atoms with Gasteiger partial charge in [0.2, 0.25) is 5.91 Å². The van der Waals surface area contributed by atoms with Crippen molar-refractivity contribution in [3.63, 3.8) is 0 Å². The molecule has 86 valence electrons. The number of carbonyl (C=O) groups excluding carboxylic acids is 2. The van der Waals surface area contributed by atoms with E-state index >= 15 is 0 Å². The van der Waals surface area contributed by atoms with Crippen molar-refractivity contribution in [3.8, 4) is 0 Å². The smallest absolute Gasteiger partial charge is 0.409 e. The molecule has 15 heavy (non-hydrogen) atoms. The molecule has 1 fully saturated rings. The van der Waals surface area contributed by atoms with E-state index < -0.39 is 0 Å². The highest BCUT2D eigenvalue weighted by molar-refractivity contribution is 5.77. The van der Waals surface area contributed by atoms with Gasteiger partial charge in [-0.2, -0.15) is 0 Å². The van der Waals surface area contributed by atoms with Gasteiger partial charge in [-0.15, -0.1) is 0 Å². The molecule has 1 aliphatic heterocycles. The Morgan fingerprint density at radius 2 is 2.33 bits per heavy atom. The number of nitrogens with one attached hydrogen (secondary N) is 1. The second kappa shape index (κ2) is 5.58. The minimum absolute atomic E-state index is 0.0142. The third kappa shape index (κ3) is 3.77. The van der Waals surface area contributed by atoms with E-state index in [9.17, 15) is 9.59 Å². The van der Waals surface area contributed by atoms with E-state index in [-0.39, 0.29) is 17.9 Å². The van der Waals surface area contributed by atoms with Gasteiger partial charge in [0, 0.05) is 25.6 Å². The van der Waals surface area contributed by atoms with Crippen LogP contribution in [0.3, 0.4) is 0 Å². The van der Waals surface area contributed by atoms with E-state index in [0.29, 0.717) is 19.7 Å². The van der Waals surface area contributed by atoms with Crippen LogP contribution in [-0.2, 0) is 9.53 Å². The Morgan fingerprint density at radius 1 is 1.60 bits per heavy atom. The maximum atomic E-state index is 11.2. The van der Waals surface area contributed by atoms with Crippen LogP contribution in [0.2, 0.25) is 0 Å². The average molecular weight is 214 g/mol. The summed E-state index contributed by atoms with van der Waals surface area (Å²) in [5.74, 6) is -0.00122. The fourth-order valence-corrected chi connectivity index (χ4v) is 1.32. The van der Waals surface area contributed by atoms with Gasteiger partial charge in [0.25, 0.3) is 0 Å². The van der Waals surface area contributed by atoms with Crippen molar-refractivity contribution in [1.29, 1.82) is 0 Å². The minimum atomic E-state index is -0.278. The summed E-state index contributed by atoms with van der Waals surface area (Å²) < 4.78 is 4.87. The topological polar surface area (TPSA) is 58.6 Å². The molecule has 1 heterocycles. The second-order valence-electron chi connectivity index (χ2n) is 3.90. The van der Waals surface area contributed by atoms with Crippen LogP contribution in [0.1, 0.15) is 20.3 Å². The minimum Gasteiger partial charge on any atom is -0.449 e. The molecule has 0 aromatic carbocycles. The summed E-state index contributed by atoms with van der Waals surface area (Å²) >= 11 is 0. The number of carbonyl (C=O) groups is 2. The number of cyclic esters (lactones) is 1.